The van der Waals surface area contributed by atoms with Crippen LogP contribution in [0.1, 0.15) is 32.6 Å². The summed E-state index contributed by atoms with van der Waals surface area (Å²) in [7, 11) is 0. The van der Waals surface area contributed by atoms with Gasteiger partial charge in [-0.05, 0) is 55.2 Å². The predicted molar refractivity (Wildman–Crippen MR) is 82.2 cm³/mol. The van der Waals surface area contributed by atoms with E-state index in [9.17, 15) is 0 Å². The van der Waals surface area contributed by atoms with Crippen LogP contribution in [0.5, 0.6) is 0 Å². The zero-order valence-electron chi connectivity index (χ0n) is 10.6. The minimum Gasteiger partial charge on any atom is -0.359 e. The molecule has 2 atom stereocenters. The number of benzene rings is 1. The molecule has 4 heteroatoms. The van der Waals surface area contributed by atoms with Gasteiger partial charge in [0.05, 0.1) is 0 Å². The zero-order chi connectivity index (χ0) is 13.0. The van der Waals surface area contributed by atoms with E-state index in [1.165, 1.54) is 25.7 Å². The van der Waals surface area contributed by atoms with Gasteiger partial charge in [0, 0.05) is 16.8 Å². The fourth-order valence-corrected chi connectivity index (χ4v) is 2.79. The monoisotopic (exact) mass is 282 g/mol. The van der Waals surface area contributed by atoms with Gasteiger partial charge in [-0.15, -0.1) is 0 Å². The van der Waals surface area contributed by atoms with Gasteiger partial charge in [-0.2, -0.15) is 0 Å². The molecule has 1 aliphatic rings. The Balaban J connectivity index is 1.86. The number of hydrogen-bond donors (Lipinski definition) is 2. The molecule has 1 fully saturated rings. The van der Waals surface area contributed by atoms with Gasteiger partial charge in [0.15, 0.2) is 5.11 Å². The summed E-state index contributed by atoms with van der Waals surface area (Å²) in [5.41, 5.74) is 0.973. The summed E-state index contributed by atoms with van der Waals surface area (Å²) in [4.78, 5) is 0. The molecule has 0 aliphatic heterocycles. The molecule has 0 bridgehead atoms. The van der Waals surface area contributed by atoms with E-state index in [2.05, 4.69) is 17.6 Å². The van der Waals surface area contributed by atoms with Gasteiger partial charge in [0.2, 0.25) is 0 Å². The Morgan fingerprint density at radius 2 is 1.89 bits per heavy atom. The SMILES string of the molecule is C[C@H]1CCCC[C@H]1NC(=S)Nc1ccc(Cl)cc1. The number of nitrogens with one attached hydrogen (secondary N) is 2. The lowest BCUT2D eigenvalue weighted by molar-refractivity contribution is 0.309. The largest absolute Gasteiger partial charge is 0.359 e. The van der Waals surface area contributed by atoms with E-state index in [0.29, 0.717) is 17.1 Å². The summed E-state index contributed by atoms with van der Waals surface area (Å²) >= 11 is 11.2. The van der Waals surface area contributed by atoms with Crippen LogP contribution in [0, 0.1) is 5.92 Å². The second-order valence-corrected chi connectivity index (χ2v) is 5.82. The van der Waals surface area contributed by atoms with Crippen molar-refractivity contribution in [2.45, 2.75) is 38.6 Å². The average Bonchev–Trinajstić information content (AvgIpc) is 2.35. The van der Waals surface area contributed by atoms with E-state index in [0.717, 1.165) is 10.7 Å². The van der Waals surface area contributed by atoms with Crippen LogP contribution in [0.4, 0.5) is 5.69 Å². The Morgan fingerprint density at radius 1 is 1.22 bits per heavy atom. The van der Waals surface area contributed by atoms with Crippen LogP contribution in [0.15, 0.2) is 24.3 Å². The van der Waals surface area contributed by atoms with Gasteiger partial charge in [0.25, 0.3) is 0 Å². The normalized spacial score (nSPS) is 23.4. The second kappa shape index (κ2) is 6.39. The Bertz CT molecular complexity index is 405. The van der Waals surface area contributed by atoms with Crippen molar-refractivity contribution in [1.29, 1.82) is 0 Å². The minimum absolute atomic E-state index is 0.506. The summed E-state index contributed by atoms with van der Waals surface area (Å²) in [6, 6.07) is 8.08. The third-order valence-corrected chi connectivity index (χ3v) is 4.00. The lowest BCUT2D eigenvalue weighted by Crippen LogP contribution is -2.43. The van der Waals surface area contributed by atoms with E-state index in [-0.39, 0.29) is 0 Å². The van der Waals surface area contributed by atoms with Crippen LogP contribution in [0.3, 0.4) is 0 Å². The first-order valence-electron chi connectivity index (χ1n) is 6.48. The van der Waals surface area contributed by atoms with Gasteiger partial charge in [-0.3, -0.25) is 0 Å². The zero-order valence-corrected chi connectivity index (χ0v) is 12.2. The second-order valence-electron chi connectivity index (χ2n) is 4.97. The molecule has 1 aromatic rings. The predicted octanol–water partition coefficient (Wildman–Crippen LogP) is 4.21. The van der Waals surface area contributed by atoms with Crippen LogP contribution >= 0.6 is 23.8 Å². The molecule has 1 saturated carbocycles. The van der Waals surface area contributed by atoms with E-state index in [1.54, 1.807) is 0 Å². The average molecular weight is 283 g/mol. The molecule has 98 valence electrons. The first-order chi connectivity index (χ1) is 8.65. The molecule has 18 heavy (non-hydrogen) atoms. The Labute approximate surface area is 119 Å². The maximum atomic E-state index is 5.85. The topological polar surface area (TPSA) is 24.1 Å². The minimum atomic E-state index is 0.506. The highest BCUT2D eigenvalue weighted by molar-refractivity contribution is 7.80. The fraction of sp³-hybridized carbons (Fsp3) is 0.500. The molecule has 0 amide bonds. The number of anilines is 1. The molecule has 1 aromatic carbocycles. The van der Waals surface area contributed by atoms with Crippen LogP contribution in [0.25, 0.3) is 0 Å². The van der Waals surface area contributed by atoms with Crippen molar-refractivity contribution in [2.24, 2.45) is 5.92 Å². The molecule has 0 heterocycles. The van der Waals surface area contributed by atoms with Crippen molar-refractivity contribution in [3.8, 4) is 0 Å². The number of thiocarbonyl (C=S) groups is 1. The van der Waals surface area contributed by atoms with Crippen LogP contribution < -0.4 is 10.6 Å². The van der Waals surface area contributed by atoms with Crippen molar-refractivity contribution in [1.82, 2.24) is 5.32 Å². The number of rotatable bonds is 2. The Morgan fingerprint density at radius 3 is 2.56 bits per heavy atom. The number of halogens is 1. The van der Waals surface area contributed by atoms with Crippen LogP contribution in [-0.4, -0.2) is 11.2 Å². The fourth-order valence-electron chi connectivity index (χ4n) is 2.40. The first-order valence-corrected chi connectivity index (χ1v) is 7.27. The van der Waals surface area contributed by atoms with E-state index < -0.39 is 0 Å². The molecule has 1 aliphatic carbocycles. The molecule has 0 spiro atoms. The van der Waals surface area contributed by atoms with Crippen LogP contribution in [-0.2, 0) is 0 Å². The standard InChI is InChI=1S/C14H19ClN2S/c1-10-4-2-3-5-13(10)17-14(18)16-12-8-6-11(15)7-9-12/h6-10,13H,2-5H2,1H3,(H2,16,17,18)/t10-,13+/m0/s1. The lowest BCUT2D eigenvalue weighted by atomic mass is 9.86. The lowest BCUT2D eigenvalue weighted by Gasteiger charge is -2.30. The maximum Gasteiger partial charge on any atom is 0.171 e. The third-order valence-electron chi connectivity index (χ3n) is 3.53. The van der Waals surface area contributed by atoms with Crippen molar-refractivity contribution < 1.29 is 0 Å². The van der Waals surface area contributed by atoms with Crippen molar-refractivity contribution >= 4 is 34.6 Å². The molecule has 0 saturated heterocycles. The van der Waals surface area contributed by atoms with E-state index >= 15 is 0 Å². The molecular formula is C14H19ClN2S. The summed E-state index contributed by atoms with van der Waals surface area (Å²) in [6.45, 7) is 2.29. The highest BCUT2D eigenvalue weighted by atomic mass is 35.5. The Kier molecular flexibility index (Phi) is 4.84. The molecule has 2 nitrogen and oxygen atoms in total. The van der Waals surface area contributed by atoms with Crippen molar-refractivity contribution in [2.75, 3.05) is 5.32 Å². The maximum absolute atomic E-state index is 5.85. The molecule has 2 N–H and O–H groups in total. The highest BCUT2D eigenvalue weighted by Gasteiger charge is 2.21. The van der Waals surface area contributed by atoms with Crippen LogP contribution in [0.2, 0.25) is 5.02 Å². The van der Waals surface area contributed by atoms with E-state index in [4.69, 9.17) is 23.8 Å². The number of hydrogen-bond acceptors (Lipinski definition) is 1. The highest BCUT2D eigenvalue weighted by Crippen LogP contribution is 2.23. The summed E-state index contributed by atoms with van der Waals surface area (Å²) in [5, 5.41) is 8.06. The molecular weight excluding hydrogens is 264 g/mol. The Hall–Kier alpha value is -0.800. The first kappa shape index (κ1) is 13.6. The summed E-state index contributed by atoms with van der Waals surface area (Å²) in [5.74, 6) is 0.698. The summed E-state index contributed by atoms with van der Waals surface area (Å²) in [6.07, 6.45) is 5.15. The third kappa shape index (κ3) is 3.85. The molecule has 2 rings (SSSR count). The van der Waals surface area contributed by atoms with Gasteiger partial charge < -0.3 is 10.6 Å². The van der Waals surface area contributed by atoms with Gasteiger partial charge >= 0.3 is 0 Å². The van der Waals surface area contributed by atoms with Crippen molar-refractivity contribution in [3.05, 3.63) is 29.3 Å². The summed E-state index contributed by atoms with van der Waals surface area (Å²) < 4.78 is 0. The smallest absolute Gasteiger partial charge is 0.171 e. The molecule has 0 radical (unpaired) electrons. The van der Waals surface area contributed by atoms with Gasteiger partial charge in [0.1, 0.15) is 0 Å². The van der Waals surface area contributed by atoms with Crippen molar-refractivity contribution in [3.63, 3.8) is 0 Å². The molecule has 0 aromatic heterocycles. The molecule has 0 unspecified atom stereocenters. The quantitative estimate of drug-likeness (QED) is 0.795. The van der Waals surface area contributed by atoms with E-state index in [1.807, 2.05) is 24.3 Å². The van der Waals surface area contributed by atoms with Gasteiger partial charge in [-0.25, -0.2) is 0 Å². The van der Waals surface area contributed by atoms with Gasteiger partial charge in [-0.1, -0.05) is 31.4 Å².